The van der Waals surface area contributed by atoms with Crippen LogP contribution in [0.3, 0.4) is 0 Å². The molecule has 2 amide bonds. The third kappa shape index (κ3) is 3.59. The smallest absolute Gasteiger partial charge is 0.621 e. The first-order chi connectivity index (χ1) is 11.7. The average Bonchev–Trinajstić information content (AvgIpc) is 3.09. The number of hydrogen-bond donors (Lipinski definition) is 0. The summed E-state index contributed by atoms with van der Waals surface area (Å²) in [5, 5.41) is 7.67. The molecule has 2 aliphatic rings. The molecule has 2 heterocycles. The van der Waals surface area contributed by atoms with E-state index in [2.05, 4.69) is 20.6 Å². The van der Waals surface area contributed by atoms with Crippen molar-refractivity contribution in [2.45, 2.75) is 0 Å². The maximum absolute atomic E-state index is 11.2. The molecular formula is C18H14N4O2W. The van der Waals surface area contributed by atoms with Crippen molar-refractivity contribution < 1.29 is 30.7 Å². The zero-order valence-electron chi connectivity index (χ0n) is 13.6. The van der Waals surface area contributed by atoms with E-state index in [1.165, 1.54) is 0 Å². The van der Waals surface area contributed by atoms with E-state index in [4.69, 9.17) is 0 Å². The molecule has 0 aliphatic carbocycles. The van der Waals surface area contributed by atoms with Gasteiger partial charge in [-0.1, -0.05) is 48.5 Å². The van der Waals surface area contributed by atoms with Crippen LogP contribution >= 0.6 is 0 Å². The molecule has 0 saturated carbocycles. The molecule has 4 rings (SSSR count). The minimum absolute atomic E-state index is 0. The summed E-state index contributed by atoms with van der Waals surface area (Å²) in [5.74, 6) is -0.475. The van der Waals surface area contributed by atoms with Crippen molar-refractivity contribution in [1.29, 1.82) is 0 Å². The maximum Gasteiger partial charge on any atom is 2.00 e. The molecule has 7 heteroatoms. The number of carbonyl (C=O) groups is 2. The third-order valence-electron chi connectivity index (χ3n) is 3.61. The van der Waals surface area contributed by atoms with Crippen molar-refractivity contribution in [3.63, 3.8) is 0 Å². The normalized spacial score (nSPS) is 17.0. The fraction of sp³-hybridized carbons (Fsp3) is 0.111. The van der Waals surface area contributed by atoms with Crippen LogP contribution in [-0.2, 0) is 30.7 Å². The molecule has 0 N–H and O–H groups in total. The number of benzene rings is 2. The van der Waals surface area contributed by atoms with E-state index in [0.717, 1.165) is 22.5 Å². The van der Waals surface area contributed by atoms with Crippen LogP contribution in [0.1, 0.15) is 11.1 Å². The van der Waals surface area contributed by atoms with Gasteiger partial charge in [-0.25, -0.2) is 0 Å². The van der Waals surface area contributed by atoms with E-state index in [9.17, 15) is 9.59 Å². The van der Waals surface area contributed by atoms with Gasteiger partial charge in [-0.3, -0.25) is 9.98 Å². The van der Waals surface area contributed by atoms with Crippen LogP contribution in [0, 0.1) is 0 Å². The van der Waals surface area contributed by atoms with Gasteiger partial charge in [-0.05, 0) is 11.1 Å². The first kappa shape index (κ1) is 18.7. The molecule has 0 saturated heterocycles. The molecule has 6 nitrogen and oxygen atoms in total. The molecular weight excluding hydrogens is 488 g/mol. The number of carbonyl (C=O) groups excluding carboxylic acids is 2. The third-order valence-corrected chi connectivity index (χ3v) is 3.61. The van der Waals surface area contributed by atoms with E-state index in [-0.39, 0.29) is 32.9 Å². The Morgan fingerprint density at radius 3 is 1.40 bits per heavy atom. The summed E-state index contributed by atoms with van der Waals surface area (Å²) in [6.45, 7) is 0. The van der Waals surface area contributed by atoms with Crippen LogP contribution in [0.4, 0.5) is 11.4 Å². The summed E-state index contributed by atoms with van der Waals surface area (Å²) < 4.78 is 0. The summed E-state index contributed by atoms with van der Waals surface area (Å²) in [6, 6.07) is 14.8. The number of para-hydroxylation sites is 2. The standard InChI is InChI=1S/2C9H8N2O.W/c2*1-10-8-6-4-2-3-5-7(6)11-9(8)12;/h2*2-5H,1H3,(H,10,11,12);/q;;+2/p-2. The topological polar surface area (TPSA) is 87.1 Å². The first-order valence-electron chi connectivity index (χ1n) is 7.30. The number of aliphatic imine (C=N–C) groups is 2. The predicted octanol–water partition coefficient (Wildman–Crippen LogP) is 3.30. The van der Waals surface area contributed by atoms with Gasteiger partial charge in [0.25, 0.3) is 0 Å². The van der Waals surface area contributed by atoms with Gasteiger partial charge in [-0.15, -0.1) is 11.4 Å². The van der Waals surface area contributed by atoms with Crippen LogP contribution in [0.15, 0.2) is 58.5 Å². The van der Waals surface area contributed by atoms with Gasteiger partial charge < -0.3 is 20.2 Å². The minimum Gasteiger partial charge on any atom is -0.621 e. The van der Waals surface area contributed by atoms with E-state index < -0.39 is 0 Å². The number of nitrogens with zero attached hydrogens (tertiary/aromatic N) is 4. The van der Waals surface area contributed by atoms with Gasteiger partial charge in [0, 0.05) is 14.1 Å². The summed E-state index contributed by atoms with van der Waals surface area (Å²) in [7, 11) is 3.20. The fourth-order valence-electron chi connectivity index (χ4n) is 2.53. The van der Waals surface area contributed by atoms with Crippen LogP contribution in [-0.4, -0.2) is 37.3 Å². The van der Waals surface area contributed by atoms with Crippen molar-refractivity contribution >= 4 is 34.6 Å². The monoisotopic (exact) mass is 502 g/mol. The van der Waals surface area contributed by atoms with E-state index in [1.54, 1.807) is 14.1 Å². The first-order valence-corrected chi connectivity index (χ1v) is 7.30. The van der Waals surface area contributed by atoms with Crippen molar-refractivity contribution in [3.8, 4) is 0 Å². The average molecular weight is 502 g/mol. The minimum atomic E-state index is -0.237. The quantitative estimate of drug-likeness (QED) is 0.554. The molecule has 0 radical (unpaired) electrons. The number of amides is 2. The van der Waals surface area contributed by atoms with Crippen molar-refractivity contribution in [1.82, 2.24) is 0 Å². The van der Waals surface area contributed by atoms with Crippen LogP contribution < -0.4 is 0 Å². The Hall–Kier alpha value is -2.59. The molecule has 0 bridgehead atoms. The Morgan fingerprint density at radius 1 is 0.680 bits per heavy atom. The number of rotatable bonds is 0. The van der Waals surface area contributed by atoms with Crippen molar-refractivity contribution in [3.05, 3.63) is 70.3 Å². The molecule has 2 aromatic carbocycles. The summed E-state index contributed by atoms with van der Waals surface area (Å²) in [6.07, 6.45) is 0. The Morgan fingerprint density at radius 2 is 1.04 bits per heavy atom. The Kier molecular flexibility index (Phi) is 5.99. The van der Waals surface area contributed by atoms with E-state index in [1.807, 2.05) is 48.5 Å². The number of fused-ring (bicyclic) bond motifs is 2. The summed E-state index contributed by atoms with van der Waals surface area (Å²) >= 11 is 0. The zero-order chi connectivity index (χ0) is 17.1. The van der Waals surface area contributed by atoms with Crippen LogP contribution in [0.5, 0.6) is 0 Å². The molecule has 0 atom stereocenters. The molecule has 2 aromatic rings. The molecule has 2 aliphatic heterocycles. The van der Waals surface area contributed by atoms with Gasteiger partial charge in [0.1, 0.15) is 11.8 Å². The SMILES string of the molecule is CN=C1C(=O)[N-]c2ccccc21.CN=C1C(=O)[N-]c2ccccc21.[W+2]. The second-order valence-electron chi connectivity index (χ2n) is 5.01. The van der Waals surface area contributed by atoms with Gasteiger partial charge in [-0.2, -0.15) is 0 Å². The van der Waals surface area contributed by atoms with Crippen molar-refractivity contribution in [2.24, 2.45) is 9.98 Å². The molecule has 0 fully saturated rings. The second-order valence-corrected chi connectivity index (χ2v) is 5.01. The Bertz CT molecular complexity index is 817. The molecule has 0 spiro atoms. The second kappa shape index (κ2) is 7.99. The maximum atomic E-state index is 11.2. The number of hydrogen-bond acceptors (Lipinski definition) is 4. The predicted molar refractivity (Wildman–Crippen MR) is 93.9 cm³/mol. The van der Waals surface area contributed by atoms with Gasteiger partial charge in [0.2, 0.25) is 0 Å². The molecule has 0 unspecified atom stereocenters. The molecule has 0 aromatic heterocycles. The van der Waals surface area contributed by atoms with Crippen molar-refractivity contribution in [2.75, 3.05) is 14.1 Å². The van der Waals surface area contributed by atoms with E-state index >= 15 is 0 Å². The van der Waals surface area contributed by atoms with Gasteiger partial charge >= 0.3 is 21.1 Å². The van der Waals surface area contributed by atoms with E-state index in [0.29, 0.717) is 11.4 Å². The molecule has 124 valence electrons. The summed E-state index contributed by atoms with van der Waals surface area (Å²) in [5.41, 5.74) is 4.05. The van der Waals surface area contributed by atoms with Crippen LogP contribution in [0.2, 0.25) is 0 Å². The largest absolute Gasteiger partial charge is 2.00 e. The van der Waals surface area contributed by atoms with Gasteiger partial charge in [0.05, 0.1) is 11.4 Å². The zero-order valence-corrected chi connectivity index (χ0v) is 16.6. The molecule has 25 heavy (non-hydrogen) atoms. The van der Waals surface area contributed by atoms with Gasteiger partial charge in [0.15, 0.2) is 0 Å². The Labute approximate surface area is 159 Å². The Balaban J connectivity index is 0.000000173. The fourth-order valence-corrected chi connectivity index (χ4v) is 2.53. The summed E-state index contributed by atoms with van der Waals surface area (Å²) in [4.78, 5) is 30.1. The van der Waals surface area contributed by atoms with Crippen LogP contribution in [0.25, 0.3) is 10.6 Å².